The number of rotatable bonds is 6. The van der Waals surface area contributed by atoms with E-state index in [0.29, 0.717) is 24.6 Å². The molecular weight excluding hydrogens is 280 g/mol. The van der Waals surface area contributed by atoms with Gasteiger partial charge in [-0.05, 0) is 44.9 Å². The predicted octanol–water partition coefficient (Wildman–Crippen LogP) is 1.70. The fourth-order valence-electron chi connectivity index (χ4n) is 4.37. The Hall–Kier alpha value is -0.650. The summed E-state index contributed by atoms with van der Waals surface area (Å²) in [5, 5.41) is 3.30. The Kier molecular flexibility index (Phi) is 5.05. The van der Waals surface area contributed by atoms with Crippen LogP contribution < -0.4 is 5.32 Å². The molecule has 3 aliphatic rings. The van der Waals surface area contributed by atoms with Gasteiger partial charge in [-0.15, -0.1) is 0 Å². The Morgan fingerprint density at radius 2 is 2.05 bits per heavy atom. The van der Waals surface area contributed by atoms with Crippen molar-refractivity contribution < 1.29 is 14.3 Å². The van der Waals surface area contributed by atoms with Crippen molar-refractivity contribution in [2.75, 3.05) is 27.3 Å². The van der Waals surface area contributed by atoms with Gasteiger partial charge < -0.3 is 14.8 Å². The average molecular weight is 310 g/mol. The molecule has 0 radical (unpaired) electrons. The van der Waals surface area contributed by atoms with Crippen LogP contribution in [0.15, 0.2) is 0 Å². The van der Waals surface area contributed by atoms with E-state index in [1.165, 1.54) is 19.3 Å². The lowest BCUT2D eigenvalue weighted by Crippen LogP contribution is -2.51. The molecule has 1 saturated heterocycles. The molecule has 1 N–H and O–H groups in total. The zero-order valence-electron chi connectivity index (χ0n) is 14.0. The number of nitrogens with one attached hydrogen (secondary N) is 1. The van der Waals surface area contributed by atoms with Crippen LogP contribution in [0, 0.1) is 0 Å². The summed E-state index contributed by atoms with van der Waals surface area (Å²) in [5.74, 6) is 0.168. The lowest BCUT2D eigenvalue weighted by atomic mass is 9.77. The van der Waals surface area contributed by atoms with Crippen LogP contribution in [-0.2, 0) is 14.3 Å². The number of ether oxygens (including phenoxy) is 2. The summed E-state index contributed by atoms with van der Waals surface area (Å²) < 4.78 is 11.1. The number of likely N-dealkylation sites (tertiary alicyclic amines) is 1. The van der Waals surface area contributed by atoms with Crippen LogP contribution in [-0.4, -0.2) is 61.9 Å². The molecule has 5 nitrogen and oxygen atoms in total. The van der Waals surface area contributed by atoms with E-state index in [-0.39, 0.29) is 11.5 Å². The van der Waals surface area contributed by atoms with E-state index >= 15 is 0 Å². The van der Waals surface area contributed by atoms with Crippen molar-refractivity contribution in [3.05, 3.63) is 0 Å². The fraction of sp³-hybridized carbons (Fsp3) is 0.941. The van der Waals surface area contributed by atoms with Gasteiger partial charge >= 0.3 is 0 Å². The Labute approximate surface area is 133 Å². The molecule has 3 rings (SSSR count). The van der Waals surface area contributed by atoms with Gasteiger partial charge in [0, 0.05) is 39.4 Å². The van der Waals surface area contributed by atoms with E-state index in [4.69, 9.17) is 9.47 Å². The highest BCUT2D eigenvalue weighted by Crippen LogP contribution is 2.38. The summed E-state index contributed by atoms with van der Waals surface area (Å²) in [7, 11) is 3.53. The largest absolute Gasteiger partial charge is 0.380 e. The molecule has 2 saturated carbocycles. The van der Waals surface area contributed by atoms with Gasteiger partial charge in [-0.25, -0.2) is 0 Å². The first-order valence-electron chi connectivity index (χ1n) is 8.77. The van der Waals surface area contributed by atoms with E-state index in [9.17, 15) is 4.79 Å². The average Bonchev–Trinajstić information content (AvgIpc) is 3.11. The molecule has 22 heavy (non-hydrogen) atoms. The quantitative estimate of drug-likeness (QED) is 0.811. The molecule has 1 heterocycles. The second-order valence-electron chi connectivity index (χ2n) is 7.23. The molecule has 0 aromatic heterocycles. The van der Waals surface area contributed by atoms with Crippen molar-refractivity contribution in [3.63, 3.8) is 0 Å². The molecule has 1 aliphatic heterocycles. The lowest BCUT2D eigenvalue weighted by Gasteiger charge is -2.40. The molecule has 1 amide bonds. The smallest absolute Gasteiger partial charge is 0.223 e. The van der Waals surface area contributed by atoms with Crippen LogP contribution in [0.3, 0.4) is 0 Å². The first-order valence-corrected chi connectivity index (χ1v) is 8.77. The highest BCUT2D eigenvalue weighted by Gasteiger charge is 2.41. The zero-order chi connectivity index (χ0) is 15.6. The van der Waals surface area contributed by atoms with Crippen molar-refractivity contribution >= 4 is 5.91 Å². The van der Waals surface area contributed by atoms with Crippen molar-refractivity contribution in [1.29, 1.82) is 0 Å². The Bertz CT molecular complexity index is 392. The first kappa shape index (κ1) is 16.2. The summed E-state index contributed by atoms with van der Waals surface area (Å²) in [6, 6.07) is 0.793. The van der Waals surface area contributed by atoms with Gasteiger partial charge in [-0.2, -0.15) is 0 Å². The SMILES string of the molecule is COC1CCN([C@H]2CCC[C@H]2NC(=O)CC2(OC)CCC2)C1. The second kappa shape index (κ2) is 6.85. The second-order valence-corrected chi connectivity index (χ2v) is 7.23. The molecule has 3 atom stereocenters. The number of carbonyl (C=O) groups is 1. The minimum Gasteiger partial charge on any atom is -0.380 e. The van der Waals surface area contributed by atoms with Gasteiger partial charge in [-0.3, -0.25) is 9.69 Å². The Morgan fingerprint density at radius 3 is 2.64 bits per heavy atom. The third kappa shape index (κ3) is 3.31. The molecular formula is C17H30N2O3. The fourth-order valence-corrected chi connectivity index (χ4v) is 4.37. The number of carbonyl (C=O) groups excluding carboxylic acids is 1. The van der Waals surface area contributed by atoms with E-state index in [0.717, 1.165) is 38.8 Å². The summed E-state index contributed by atoms with van der Waals surface area (Å²) in [6.45, 7) is 2.10. The maximum atomic E-state index is 12.4. The number of hydrogen-bond donors (Lipinski definition) is 1. The van der Waals surface area contributed by atoms with Crippen LogP contribution in [0.5, 0.6) is 0 Å². The van der Waals surface area contributed by atoms with E-state index in [1.54, 1.807) is 14.2 Å². The third-order valence-electron chi connectivity index (χ3n) is 5.99. The van der Waals surface area contributed by atoms with Gasteiger partial charge in [0.05, 0.1) is 18.1 Å². The number of hydrogen-bond acceptors (Lipinski definition) is 4. The van der Waals surface area contributed by atoms with Gasteiger partial charge in [0.15, 0.2) is 0 Å². The molecule has 1 unspecified atom stereocenters. The molecule has 0 spiro atoms. The number of methoxy groups -OCH3 is 2. The molecule has 5 heteroatoms. The van der Waals surface area contributed by atoms with Crippen LogP contribution in [0.2, 0.25) is 0 Å². The van der Waals surface area contributed by atoms with E-state index < -0.39 is 0 Å². The Balaban J connectivity index is 1.51. The maximum Gasteiger partial charge on any atom is 0.223 e. The van der Waals surface area contributed by atoms with Gasteiger partial charge in [0.25, 0.3) is 0 Å². The molecule has 3 fully saturated rings. The highest BCUT2D eigenvalue weighted by atomic mass is 16.5. The monoisotopic (exact) mass is 310 g/mol. The van der Waals surface area contributed by atoms with Crippen LogP contribution in [0.4, 0.5) is 0 Å². The highest BCUT2D eigenvalue weighted by molar-refractivity contribution is 5.77. The number of amides is 1. The summed E-state index contributed by atoms with van der Waals surface area (Å²) in [4.78, 5) is 14.9. The molecule has 2 aliphatic carbocycles. The normalized spacial score (nSPS) is 34.5. The maximum absolute atomic E-state index is 12.4. The standard InChI is InChI=1S/C17H30N2O3/c1-21-13-7-10-19(12-13)15-6-3-5-14(15)18-16(20)11-17(22-2)8-4-9-17/h13-15H,3-12H2,1-2H3,(H,18,20)/t13?,14-,15+/m1/s1. The van der Waals surface area contributed by atoms with Gasteiger partial charge in [-0.1, -0.05) is 0 Å². The van der Waals surface area contributed by atoms with Crippen LogP contribution in [0.1, 0.15) is 51.4 Å². The summed E-state index contributed by atoms with van der Waals surface area (Å²) >= 11 is 0. The van der Waals surface area contributed by atoms with Crippen molar-refractivity contribution in [1.82, 2.24) is 10.2 Å². The van der Waals surface area contributed by atoms with Gasteiger partial charge in [0.1, 0.15) is 0 Å². The number of nitrogens with zero attached hydrogens (tertiary/aromatic N) is 1. The van der Waals surface area contributed by atoms with E-state index in [2.05, 4.69) is 10.2 Å². The van der Waals surface area contributed by atoms with Gasteiger partial charge in [0.2, 0.25) is 5.91 Å². The molecule has 126 valence electrons. The molecule has 0 bridgehead atoms. The first-order chi connectivity index (χ1) is 10.7. The topological polar surface area (TPSA) is 50.8 Å². The van der Waals surface area contributed by atoms with Crippen molar-refractivity contribution in [3.8, 4) is 0 Å². The van der Waals surface area contributed by atoms with Crippen LogP contribution in [0.25, 0.3) is 0 Å². The molecule has 0 aromatic rings. The summed E-state index contributed by atoms with van der Waals surface area (Å²) in [6.07, 6.45) is 8.72. The lowest BCUT2D eigenvalue weighted by molar-refractivity contribution is -0.135. The minimum absolute atomic E-state index is 0.168. The molecule has 0 aromatic carbocycles. The van der Waals surface area contributed by atoms with Crippen molar-refractivity contribution in [2.24, 2.45) is 0 Å². The third-order valence-corrected chi connectivity index (χ3v) is 5.99. The Morgan fingerprint density at radius 1 is 1.23 bits per heavy atom. The van der Waals surface area contributed by atoms with E-state index in [1.807, 2.05) is 0 Å². The minimum atomic E-state index is -0.174. The zero-order valence-corrected chi connectivity index (χ0v) is 14.0. The predicted molar refractivity (Wildman–Crippen MR) is 84.8 cm³/mol. The summed E-state index contributed by atoms with van der Waals surface area (Å²) in [5.41, 5.74) is -0.174. The van der Waals surface area contributed by atoms with Crippen LogP contribution >= 0.6 is 0 Å². The van der Waals surface area contributed by atoms with Crippen molar-refractivity contribution in [2.45, 2.75) is 75.2 Å².